The first-order valence-corrected chi connectivity index (χ1v) is 9.02. The molecule has 2 aliphatic heterocycles. The van der Waals surface area contributed by atoms with Gasteiger partial charge in [-0.05, 0) is 59.1 Å². The normalized spacial score (nSPS) is 20.5. The van der Waals surface area contributed by atoms with Crippen molar-refractivity contribution < 1.29 is 19.2 Å². The highest BCUT2D eigenvalue weighted by Crippen LogP contribution is 2.27. The van der Waals surface area contributed by atoms with Gasteiger partial charge in [0.05, 0.1) is 11.1 Å². The second-order valence-corrected chi connectivity index (χ2v) is 8.02. The van der Waals surface area contributed by atoms with Crippen molar-refractivity contribution in [3.63, 3.8) is 0 Å². The highest BCUT2D eigenvalue weighted by Gasteiger charge is 2.39. The van der Waals surface area contributed by atoms with Gasteiger partial charge in [0.15, 0.2) is 0 Å². The molecule has 0 fully saturated rings. The second-order valence-electron chi connectivity index (χ2n) is 8.02. The van der Waals surface area contributed by atoms with E-state index >= 15 is 0 Å². The Balaban J connectivity index is 1.82. The number of hydrogen-bond donors (Lipinski definition) is 4. The van der Waals surface area contributed by atoms with E-state index in [-0.39, 0.29) is 23.0 Å². The average Bonchev–Trinajstić information content (AvgIpc) is 2.86. The van der Waals surface area contributed by atoms with Crippen molar-refractivity contribution in [1.82, 2.24) is 21.3 Å². The fourth-order valence-corrected chi connectivity index (χ4v) is 3.06. The highest BCUT2D eigenvalue weighted by atomic mass is 16.2. The van der Waals surface area contributed by atoms with Gasteiger partial charge in [0.1, 0.15) is 11.1 Å². The lowest BCUT2D eigenvalue weighted by molar-refractivity contribution is -0.124. The molecule has 0 saturated heterocycles. The van der Waals surface area contributed by atoms with E-state index in [4.69, 9.17) is 0 Å². The molecular formula is C19H28N4O4. The minimum Gasteiger partial charge on any atom is -0.352 e. The maximum atomic E-state index is 12.2. The van der Waals surface area contributed by atoms with Crippen LogP contribution < -0.4 is 21.3 Å². The summed E-state index contributed by atoms with van der Waals surface area (Å²) < 4.78 is 0. The molecule has 0 atom stereocenters. The van der Waals surface area contributed by atoms with Crippen molar-refractivity contribution in [2.75, 3.05) is 13.1 Å². The van der Waals surface area contributed by atoms with Gasteiger partial charge in [-0.2, -0.15) is 0 Å². The molecule has 0 bridgehead atoms. The molecule has 2 rings (SSSR count). The molecule has 0 unspecified atom stereocenters. The third-order valence-corrected chi connectivity index (χ3v) is 5.31. The van der Waals surface area contributed by atoms with Crippen molar-refractivity contribution >= 4 is 23.6 Å². The molecular weight excluding hydrogens is 348 g/mol. The van der Waals surface area contributed by atoms with Crippen LogP contribution in [-0.4, -0.2) is 47.8 Å². The van der Waals surface area contributed by atoms with Crippen LogP contribution in [0.4, 0.5) is 0 Å². The van der Waals surface area contributed by atoms with Gasteiger partial charge < -0.3 is 21.3 Å². The SMILES string of the molecule is CC1=C(C(=O)NCCCNC(=O)C2=C(C)C(C)(C)NC2=O)C(=O)NC1(C)C. The van der Waals surface area contributed by atoms with Gasteiger partial charge in [0, 0.05) is 13.1 Å². The van der Waals surface area contributed by atoms with Crippen LogP contribution in [0.3, 0.4) is 0 Å². The molecule has 0 radical (unpaired) electrons. The topological polar surface area (TPSA) is 116 Å². The summed E-state index contributed by atoms with van der Waals surface area (Å²) in [7, 11) is 0. The van der Waals surface area contributed by atoms with Crippen molar-refractivity contribution in [2.45, 2.75) is 59.0 Å². The Morgan fingerprint density at radius 3 is 1.37 bits per heavy atom. The number of nitrogens with one attached hydrogen (secondary N) is 4. The standard InChI is InChI=1S/C19H28N4O4/c1-10-12(16(26)22-18(10,3)4)14(24)20-8-7-9-21-15(25)13-11(2)19(5,6)23-17(13)27/h7-9H2,1-6H3,(H,20,24)(H,21,25)(H,22,26)(H,23,27). The number of amides is 4. The first kappa shape index (κ1) is 20.7. The molecule has 27 heavy (non-hydrogen) atoms. The fraction of sp³-hybridized carbons (Fsp3) is 0.579. The third-order valence-electron chi connectivity index (χ3n) is 5.31. The highest BCUT2D eigenvalue weighted by molar-refractivity contribution is 6.21. The molecule has 4 N–H and O–H groups in total. The van der Waals surface area contributed by atoms with Crippen LogP contribution in [-0.2, 0) is 19.2 Å². The van der Waals surface area contributed by atoms with E-state index in [9.17, 15) is 19.2 Å². The molecule has 148 valence electrons. The van der Waals surface area contributed by atoms with Gasteiger partial charge in [-0.3, -0.25) is 19.2 Å². The summed E-state index contributed by atoms with van der Waals surface area (Å²) in [6.45, 7) is 11.5. The van der Waals surface area contributed by atoms with Crippen molar-refractivity contribution in [3.8, 4) is 0 Å². The van der Waals surface area contributed by atoms with Crippen molar-refractivity contribution in [2.24, 2.45) is 0 Å². The van der Waals surface area contributed by atoms with E-state index in [1.54, 1.807) is 13.8 Å². The Morgan fingerprint density at radius 2 is 1.11 bits per heavy atom. The van der Waals surface area contributed by atoms with Crippen LogP contribution in [0.1, 0.15) is 48.0 Å². The van der Waals surface area contributed by atoms with Crippen LogP contribution in [0.15, 0.2) is 22.3 Å². The van der Waals surface area contributed by atoms with Gasteiger partial charge in [-0.1, -0.05) is 0 Å². The summed E-state index contributed by atoms with van der Waals surface area (Å²) >= 11 is 0. The molecule has 8 nitrogen and oxygen atoms in total. The summed E-state index contributed by atoms with van der Waals surface area (Å²) in [5, 5.41) is 10.9. The fourth-order valence-electron chi connectivity index (χ4n) is 3.06. The number of carbonyl (C=O) groups excluding carboxylic acids is 4. The summed E-state index contributed by atoms with van der Waals surface area (Å²) in [5.74, 6) is -1.59. The predicted molar refractivity (Wildman–Crippen MR) is 100 cm³/mol. The van der Waals surface area contributed by atoms with Crippen LogP contribution in [0.25, 0.3) is 0 Å². The Morgan fingerprint density at radius 1 is 0.778 bits per heavy atom. The maximum Gasteiger partial charge on any atom is 0.257 e. The predicted octanol–water partition coefficient (Wildman–Crippen LogP) is 0.0587. The minimum atomic E-state index is -0.529. The Bertz CT molecular complexity index is 711. The number of hydrogen-bond acceptors (Lipinski definition) is 4. The smallest absolute Gasteiger partial charge is 0.257 e. The quantitative estimate of drug-likeness (QED) is 0.387. The van der Waals surface area contributed by atoms with E-state index in [1.165, 1.54) is 0 Å². The van der Waals surface area contributed by atoms with Gasteiger partial charge in [-0.25, -0.2) is 0 Å². The van der Waals surface area contributed by atoms with Crippen LogP contribution >= 0.6 is 0 Å². The van der Waals surface area contributed by atoms with E-state index in [1.807, 2.05) is 27.7 Å². The zero-order valence-electron chi connectivity index (χ0n) is 16.8. The van der Waals surface area contributed by atoms with E-state index in [0.717, 1.165) is 0 Å². The number of rotatable bonds is 6. The molecule has 0 aromatic heterocycles. The maximum absolute atomic E-state index is 12.2. The van der Waals surface area contributed by atoms with Crippen molar-refractivity contribution in [1.29, 1.82) is 0 Å². The molecule has 4 amide bonds. The lowest BCUT2D eigenvalue weighted by Crippen LogP contribution is -2.38. The van der Waals surface area contributed by atoms with Gasteiger partial charge >= 0.3 is 0 Å². The lowest BCUT2D eigenvalue weighted by atomic mass is 9.95. The van der Waals surface area contributed by atoms with E-state index < -0.39 is 22.9 Å². The van der Waals surface area contributed by atoms with Crippen LogP contribution in [0.5, 0.6) is 0 Å². The molecule has 0 spiro atoms. The Hall–Kier alpha value is -2.64. The summed E-state index contributed by atoms with van der Waals surface area (Å²) in [6, 6.07) is 0. The lowest BCUT2D eigenvalue weighted by Gasteiger charge is -2.19. The van der Waals surface area contributed by atoms with E-state index in [0.29, 0.717) is 30.7 Å². The molecule has 2 heterocycles. The molecule has 0 saturated carbocycles. The molecule has 2 aliphatic rings. The van der Waals surface area contributed by atoms with Crippen LogP contribution in [0, 0.1) is 0 Å². The zero-order valence-corrected chi connectivity index (χ0v) is 16.8. The molecule has 0 aliphatic carbocycles. The second kappa shape index (κ2) is 7.17. The molecule has 8 heteroatoms. The van der Waals surface area contributed by atoms with Gasteiger partial charge in [0.25, 0.3) is 23.6 Å². The largest absolute Gasteiger partial charge is 0.352 e. The first-order chi connectivity index (χ1) is 12.4. The first-order valence-electron chi connectivity index (χ1n) is 9.02. The number of carbonyl (C=O) groups is 4. The summed E-state index contributed by atoms with van der Waals surface area (Å²) in [5.41, 5.74) is 0.647. The third kappa shape index (κ3) is 4.04. The Labute approximate surface area is 159 Å². The minimum absolute atomic E-state index is 0.148. The Kier molecular flexibility index (Phi) is 5.49. The van der Waals surface area contributed by atoms with Crippen molar-refractivity contribution in [3.05, 3.63) is 22.3 Å². The molecule has 0 aromatic rings. The van der Waals surface area contributed by atoms with E-state index in [2.05, 4.69) is 21.3 Å². The molecule has 0 aromatic carbocycles. The average molecular weight is 376 g/mol. The summed E-state index contributed by atoms with van der Waals surface area (Å²) in [4.78, 5) is 48.4. The monoisotopic (exact) mass is 376 g/mol. The van der Waals surface area contributed by atoms with Gasteiger partial charge in [-0.15, -0.1) is 0 Å². The van der Waals surface area contributed by atoms with Crippen LogP contribution in [0.2, 0.25) is 0 Å². The summed E-state index contributed by atoms with van der Waals surface area (Å²) in [6.07, 6.45) is 0.478. The van der Waals surface area contributed by atoms with Gasteiger partial charge in [0.2, 0.25) is 0 Å². The zero-order chi connectivity index (χ0) is 20.6.